The zero-order valence-electron chi connectivity index (χ0n) is 6.67. The Kier molecular flexibility index (Phi) is 1.34. The minimum atomic E-state index is 0.610. The van der Waals surface area contributed by atoms with E-state index in [1.165, 1.54) is 24.0 Å². The Bertz CT molecular complexity index is 281. The summed E-state index contributed by atoms with van der Waals surface area (Å²) in [7, 11) is 0. The number of fused-ring (bicyclic) bond motifs is 1. The first-order valence-electron chi connectivity index (χ1n) is 4.02. The maximum Gasteiger partial charge on any atom is 0.127 e. The Morgan fingerprint density at radius 3 is 3.18 bits per heavy atom. The van der Waals surface area contributed by atoms with Gasteiger partial charge in [0.15, 0.2) is 0 Å². The lowest BCUT2D eigenvalue weighted by atomic mass is 10.1. The van der Waals surface area contributed by atoms with Crippen molar-refractivity contribution < 1.29 is 0 Å². The van der Waals surface area contributed by atoms with Gasteiger partial charge in [-0.3, -0.25) is 0 Å². The SMILES string of the molecule is CC1CCc2ccnc(N)c21. The molecule has 1 aliphatic carbocycles. The van der Waals surface area contributed by atoms with Crippen molar-refractivity contribution >= 4 is 5.82 Å². The van der Waals surface area contributed by atoms with Gasteiger partial charge in [0.25, 0.3) is 0 Å². The lowest BCUT2D eigenvalue weighted by Gasteiger charge is -2.05. The molecule has 2 nitrogen and oxygen atoms in total. The first-order chi connectivity index (χ1) is 5.29. The molecule has 0 fully saturated rings. The summed E-state index contributed by atoms with van der Waals surface area (Å²) in [6.07, 6.45) is 4.20. The second-order valence-electron chi connectivity index (χ2n) is 3.21. The van der Waals surface area contributed by atoms with Crippen molar-refractivity contribution in [1.82, 2.24) is 4.98 Å². The molecule has 0 amide bonds. The van der Waals surface area contributed by atoms with E-state index in [0.717, 1.165) is 5.82 Å². The van der Waals surface area contributed by atoms with Crippen LogP contribution < -0.4 is 5.73 Å². The van der Waals surface area contributed by atoms with Gasteiger partial charge in [0.05, 0.1) is 0 Å². The van der Waals surface area contributed by atoms with Gasteiger partial charge in [-0.25, -0.2) is 4.98 Å². The summed E-state index contributed by atoms with van der Waals surface area (Å²) in [6.45, 7) is 2.21. The van der Waals surface area contributed by atoms with Gasteiger partial charge >= 0.3 is 0 Å². The van der Waals surface area contributed by atoms with Crippen molar-refractivity contribution in [2.45, 2.75) is 25.7 Å². The number of hydrogen-bond acceptors (Lipinski definition) is 2. The summed E-state index contributed by atoms with van der Waals surface area (Å²) in [5.74, 6) is 1.34. The van der Waals surface area contributed by atoms with Crippen LogP contribution in [0.4, 0.5) is 5.82 Å². The van der Waals surface area contributed by atoms with E-state index in [-0.39, 0.29) is 0 Å². The highest BCUT2D eigenvalue weighted by Gasteiger charge is 2.20. The summed E-state index contributed by atoms with van der Waals surface area (Å²) in [6, 6.07) is 2.08. The lowest BCUT2D eigenvalue weighted by Crippen LogP contribution is -1.98. The molecular formula is C9H12N2. The number of aryl methyl sites for hydroxylation is 1. The number of pyridine rings is 1. The van der Waals surface area contributed by atoms with E-state index in [0.29, 0.717) is 5.92 Å². The summed E-state index contributed by atoms with van der Waals surface area (Å²) in [4.78, 5) is 4.08. The quantitative estimate of drug-likeness (QED) is 0.608. The number of anilines is 1. The number of hydrogen-bond donors (Lipinski definition) is 1. The van der Waals surface area contributed by atoms with Crippen LogP contribution in [0.3, 0.4) is 0 Å². The number of nitrogens with two attached hydrogens (primary N) is 1. The standard InChI is InChI=1S/C9H12N2/c1-6-2-3-7-4-5-11-9(10)8(6)7/h4-6H,2-3H2,1H3,(H2,10,11). The van der Waals surface area contributed by atoms with Crippen LogP contribution in [0.15, 0.2) is 12.3 Å². The molecule has 11 heavy (non-hydrogen) atoms. The van der Waals surface area contributed by atoms with E-state index < -0.39 is 0 Å². The van der Waals surface area contributed by atoms with E-state index >= 15 is 0 Å². The van der Waals surface area contributed by atoms with Crippen LogP contribution in [0.2, 0.25) is 0 Å². The molecule has 1 aliphatic rings. The topological polar surface area (TPSA) is 38.9 Å². The first kappa shape index (κ1) is 6.65. The lowest BCUT2D eigenvalue weighted by molar-refractivity contribution is 0.747. The van der Waals surface area contributed by atoms with Crippen LogP contribution in [0, 0.1) is 0 Å². The Morgan fingerprint density at radius 1 is 1.64 bits per heavy atom. The highest BCUT2D eigenvalue weighted by Crippen LogP contribution is 2.34. The van der Waals surface area contributed by atoms with Crippen LogP contribution in [0.5, 0.6) is 0 Å². The van der Waals surface area contributed by atoms with Gasteiger partial charge in [0, 0.05) is 11.8 Å². The maximum absolute atomic E-state index is 5.75. The zero-order valence-corrected chi connectivity index (χ0v) is 6.67. The molecule has 1 aromatic heterocycles. The highest BCUT2D eigenvalue weighted by molar-refractivity contribution is 5.49. The minimum absolute atomic E-state index is 0.610. The first-order valence-corrected chi connectivity index (χ1v) is 4.02. The predicted molar refractivity (Wildman–Crippen MR) is 45.4 cm³/mol. The average Bonchev–Trinajstić information content (AvgIpc) is 2.34. The summed E-state index contributed by atoms with van der Waals surface area (Å²) in [5.41, 5.74) is 8.43. The monoisotopic (exact) mass is 148 g/mol. The van der Waals surface area contributed by atoms with Crippen LogP contribution in [-0.4, -0.2) is 4.98 Å². The molecule has 2 rings (SSSR count). The fourth-order valence-electron chi connectivity index (χ4n) is 1.83. The molecule has 2 N–H and O–H groups in total. The smallest absolute Gasteiger partial charge is 0.127 e. The largest absolute Gasteiger partial charge is 0.383 e. The van der Waals surface area contributed by atoms with Gasteiger partial charge in [-0.05, 0) is 30.4 Å². The number of aromatic nitrogens is 1. The van der Waals surface area contributed by atoms with Crippen LogP contribution >= 0.6 is 0 Å². The third-order valence-electron chi connectivity index (χ3n) is 2.45. The Hall–Kier alpha value is -1.05. The van der Waals surface area contributed by atoms with Crippen LogP contribution in [-0.2, 0) is 6.42 Å². The Balaban J connectivity index is 2.58. The third kappa shape index (κ3) is 0.897. The van der Waals surface area contributed by atoms with Gasteiger partial charge < -0.3 is 5.73 Å². The molecule has 1 atom stereocenters. The molecule has 0 saturated heterocycles. The van der Waals surface area contributed by atoms with Gasteiger partial charge in [0.2, 0.25) is 0 Å². The van der Waals surface area contributed by atoms with Crippen LogP contribution in [0.1, 0.15) is 30.4 Å². The van der Waals surface area contributed by atoms with Crippen molar-refractivity contribution in [2.24, 2.45) is 0 Å². The Morgan fingerprint density at radius 2 is 2.45 bits per heavy atom. The Labute approximate surface area is 66.4 Å². The van der Waals surface area contributed by atoms with Gasteiger partial charge in [-0.2, -0.15) is 0 Å². The molecule has 0 aliphatic heterocycles. The van der Waals surface area contributed by atoms with Crippen molar-refractivity contribution in [3.05, 3.63) is 23.4 Å². The van der Waals surface area contributed by atoms with E-state index in [1.807, 2.05) is 0 Å². The van der Waals surface area contributed by atoms with Crippen molar-refractivity contribution in [3.8, 4) is 0 Å². The van der Waals surface area contributed by atoms with Gasteiger partial charge in [-0.1, -0.05) is 6.92 Å². The fraction of sp³-hybridized carbons (Fsp3) is 0.444. The molecule has 58 valence electrons. The van der Waals surface area contributed by atoms with Crippen molar-refractivity contribution in [2.75, 3.05) is 5.73 Å². The van der Waals surface area contributed by atoms with Crippen molar-refractivity contribution in [3.63, 3.8) is 0 Å². The third-order valence-corrected chi connectivity index (χ3v) is 2.45. The number of nitrogen functional groups attached to an aromatic ring is 1. The molecule has 0 saturated carbocycles. The highest BCUT2D eigenvalue weighted by atomic mass is 14.8. The van der Waals surface area contributed by atoms with E-state index in [1.54, 1.807) is 6.20 Å². The maximum atomic E-state index is 5.75. The molecule has 2 heteroatoms. The van der Waals surface area contributed by atoms with Gasteiger partial charge in [0.1, 0.15) is 5.82 Å². The second-order valence-corrected chi connectivity index (χ2v) is 3.21. The minimum Gasteiger partial charge on any atom is -0.383 e. The number of rotatable bonds is 0. The molecule has 0 radical (unpaired) electrons. The molecule has 1 heterocycles. The predicted octanol–water partition coefficient (Wildman–Crippen LogP) is 1.71. The van der Waals surface area contributed by atoms with Gasteiger partial charge in [-0.15, -0.1) is 0 Å². The molecule has 0 bridgehead atoms. The second kappa shape index (κ2) is 2.22. The fourth-order valence-corrected chi connectivity index (χ4v) is 1.83. The molecule has 0 aromatic carbocycles. The van der Waals surface area contributed by atoms with E-state index in [9.17, 15) is 0 Å². The zero-order chi connectivity index (χ0) is 7.84. The average molecular weight is 148 g/mol. The summed E-state index contributed by atoms with van der Waals surface area (Å²) < 4.78 is 0. The summed E-state index contributed by atoms with van der Waals surface area (Å²) in [5, 5.41) is 0. The van der Waals surface area contributed by atoms with E-state index in [2.05, 4.69) is 18.0 Å². The molecule has 1 unspecified atom stereocenters. The normalized spacial score (nSPS) is 21.7. The van der Waals surface area contributed by atoms with Crippen LogP contribution in [0.25, 0.3) is 0 Å². The molecular weight excluding hydrogens is 136 g/mol. The van der Waals surface area contributed by atoms with Crippen molar-refractivity contribution in [1.29, 1.82) is 0 Å². The molecule has 0 spiro atoms. The van der Waals surface area contributed by atoms with E-state index in [4.69, 9.17) is 5.73 Å². The summed E-state index contributed by atoms with van der Waals surface area (Å²) >= 11 is 0. The molecule has 1 aromatic rings. The number of nitrogens with zero attached hydrogens (tertiary/aromatic N) is 1.